The van der Waals surface area contributed by atoms with E-state index in [1.54, 1.807) is 19.1 Å². The molecule has 0 saturated heterocycles. The molecular weight excluding hydrogens is 246 g/mol. The van der Waals surface area contributed by atoms with Crippen molar-refractivity contribution in [2.24, 2.45) is 11.1 Å². The van der Waals surface area contributed by atoms with Gasteiger partial charge in [0.05, 0.1) is 10.3 Å². The number of nitrogens with one attached hydrogen (secondary N) is 1. The van der Waals surface area contributed by atoms with Gasteiger partial charge in [-0.3, -0.25) is 14.9 Å². The third-order valence-electron chi connectivity index (χ3n) is 3.83. The monoisotopic (exact) mass is 263 g/mol. The number of nitrogens with two attached hydrogens (primary N) is 1. The topological polar surface area (TPSA) is 98.3 Å². The molecule has 0 heterocycles. The summed E-state index contributed by atoms with van der Waals surface area (Å²) in [6.45, 7) is 1.99. The second-order valence-corrected chi connectivity index (χ2v) is 5.05. The SMILES string of the molecule is Cc1cc(NC(=O)C2(CN)CCC2)ccc1[N+](=O)[O-]. The Balaban J connectivity index is 2.14. The highest BCUT2D eigenvalue weighted by molar-refractivity contribution is 5.96. The summed E-state index contributed by atoms with van der Waals surface area (Å²) in [5, 5.41) is 13.5. The lowest BCUT2D eigenvalue weighted by atomic mass is 9.68. The number of benzene rings is 1. The molecule has 1 amide bonds. The Morgan fingerprint density at radius 2 is 2.21 bits per heavy atom. The first-order valence-electron chi connectivity index (χ1n) is 6.25. The quantitative estimate of drug-likeness (QED) is 0.640. The lowest BCUT2D eigenvalue weighted by molar-refractivity contribution is -0.385. The first-order chi connectivity index (χ1) is 8.98. The molecular formula is C13H17N3O3. The van der Waals surface area contributed by atoms with Crippen LogP contribution in [0.5, 0.6) is 0 Å². The van der Waals surface area contributed by atoms with E-state index in [2.05, 4.69) is 5.32 Å². The minimum absolute atomic E-state index is 0.0511. The molecule has 1 aliphatic rings. The Hall–Kier alpha value is -1.95. The van der Waals surface area contributed by atoms with Crippen molar-refractivity contribution in [1.29, 1.82) is 0 Å². The molecule has 1 fully saturated rings. The number of nitro groups is 1. The van der Waals surface area contributed by atoms with E-state index in [4.69, 9.17) is 5.73 Å². The average Bonchev–Trinajstić information content (AvgIpc) is 2.27. The number of hydrogen-bond donors (Lipinski definition) is 2. The minimum Gasteiger partial charge on any atom is -0.329 e. The highest BCUT2D eigenvalue weighted by atomic mass is 16.6. The predicted molar refractivity (Wildman–Crippen MR) is 71.8 cm³/mol. The van der Waals surface area contributed by atoms with E-state index in [9.17, 15) is 14.9 Å². The van der Waals surface area contributed by atoms with E-state index < -0.39 is 10.3 Å². The lowest BCUT2D eigenvalue weighted by Crippen LogP contribution is -2.47. The first kappa shape index (κ1) is 13.5. The van der Waals surface area contributed by atoms with Crippen LogP contribution in [0.15, 0.2) is 18.2 Å². The Morgan fingerprint density at radius 1 is 1.53 bits per heavy atom. The van der Waals surface area contributed by atoms with E-state index in [1.807, 2.05) is 0 Å². The number of nitrogens with zero attached hydrogens (tertiary/aromatic N) is 1. The zero-order valence-electron chi connectivity index (χ0n) is 10.8. The van der Waals surface area contributed by atoms with Gasteiger partial charge in [-0.15, -0.1) is 0 Å². The van der Waals surface area contributed by atoms with E-state index in [0.29, 0.717) is 17.8 Å². The van der Waals surface area contributed by atoms with Crippen molar-refractivity contribution in [3.8, 4) is 0 Å². The summed E-state index contributed by atoms with van der Waals surface area (Å²) in [6, 6.07) is 4.56. The van der Waals surface area contributed by atoms with Crippen molar-refractivity contribution in [3.63, 3.8) is 0 Å². The van der Waals surface area contributed by atoms with Gasteiger partial charge < -0.3 is 11.1 Å². The molecule has 0 spiro atoms. The number of nitro benzene ring substituents is 1. The number of anilines is 1. The molecule has 6 nitrogen and oxygen atoms in total. The zero-order valence-corrected chi connectivity index (χ0v) is 10.8. The maximum Gasteiger partial charge on any atom is 0.272 e. The largest absolute Gasteiger partial charge is 0.329 e. The average molecular weight is 263 g/mol. The summed E-state index contributed by atoms with van der Waals surface area (Å²) in [7, 11) is 0. The lowest BCUT2D eigenvalue weighted by Gasteiger charge is -2.39. The van der Waals surface area contributed by atoms with Crippen molar-refractivity contribution < 1.29 is 9.72 Å². The molecule has 1 saturated carbocycles. The normalized spacial score (nSPS) is 16.5. The van der Waals surface area contributed by atoms with Crippen LogP contribution in [0, 0.1) is 22.5 Å². The number of carbonyl (C=O) groups is 1. The molecule has 2 rings (SSSR count). The van der Waals surface area contributed by atoms with Crippen LogP contribution in [-0.2, 0) is 4.79 Å². The van der Waals surface area contributed by atoms with Gasteiger partial charge in [0.25, 0.3) is 5.69 Å². The van der Waals surface area contributed by atoms with Crippen LogP contribution >= 0.6 is 0 Å². The van der Waals surface area contributed by atoms with Crippen LogP contribution in [0.3, 0.4) is 0 Å². The molecule has 102 valence electrons. The van der Waals surface area contributed by atoms with E-state index in [-0.39, 0.29) is 11.6 Å². The Morgan fingerprint density at radius 3 is 2.63 bits per heavy atom. The van der Waals surface area contributed by atoms with Crippen molar-refractivity contribution in [3.05, 3.63) is 33.9 Å². The summed E-state index contributed by atoms with van der Waals surface area (Å²) < 4.78 is 0. The summed E-state index contributed by atoms with van der Waals surface area (Å²) in [5.41, 5.74) is 6.37. The van der Waals surface area contributed by atoms with Gasteiger partial charge in [-0.2, -0.15) is 0 Å². The molecule has 1 aromatic carbocycles. The predicted octanol–water partition coefficient (Wildman–Crippen LogP) is 1.97. The van der Waals surface area contributed by atoms with E-state index in [0.717, 1.165) is 19.3 Å². The number of aryl methyl sites for hydroxylation is 1. The van der Waals surface area contributed by atoms with Gasteiger partial charge in [0, 0.05) is 23.9 Å². The van der Waals surface area contributed by atoms with E-state index in [1.165, 1.54) is 6.07 Å². The van der Waals surface area contributed by atoms with Gasteiger partial charge in [-0.05, 0) is 31.9 Å². The van der Waals surface area contributed by atoms with Gasteiger partial charge in [-0.1, -0.05) is 6.42 Å². The van der Waals surface area contributed by atoms with Crippen molar-refractivity contribution in [1.82, 2.24) is 0 Å². The molecule has 0 unspecified atom stereocenters. The number of rotatable bonds is 4. The van der Waals surface area contributed by atoms with Gasteiger partial charge >= 0.3 is 0 Å². The Labute approximate surface area is 111 Å². The highest BCUT2D eigenvalue weighted by Gasteiger charge is 2.42. The number of carbonyl (C=O) groups excluding carboxylic acids is 1. The molecule has 6 heteroatoms. The van der Waals surface area contributed by atoms with Crippen LogP contribution in [0.2, 0.25) is 0 Å². The number of hydrogen-bond acceptors (Lipinski definition) is 4. The van der Waals surface area contributed by atoms with Crippen LogP contribution < -0.4 is 11.1 Å². The summed E-state index contributed by atoms with van der Waals surface area (Å²) in [5.74, 6) is -0.0884. The van der Waals surface area contributed by atoms with Gasteiger partial charge in [0.1, 0.15) is 0 Å². The summed E-state index contributed by atoms with van der Waals surface area (Å²) in [6.07, 6.45) is 2.63. The summed E-state index contributed by atoms with van der Waals surface area (Å²) in [4.78, 5) is 22.4. The Kier molecular flexibility index (Phi) is 3.53. The smallest absolute Gasteiger partial charge is 0.272 e. The molecule has 1 aliphatic carbocycles. The maximum absolute atomic E-state index is 12.2. The van der Waals surface area contributed by atoms with Crippen LogP contribution in [0.1, 0.15) is 24.8 Å². The molecule has 0 radical (unpaired) electrons. The molecule has 3 N–H and O–H groups in total. The second kappa shape index (κ2) is 4.97. The molecule has 0 bridgehead atoms. The summed E-state index contributed by atoms with van der Waals surface area (Å²) >= 11 is 0. The minimum atomic E-state index is -0.449. The highest BCUT2D eigenvalue weighted by Crippen LogP contribution is 2.40. The fourth-order valence-corrected chi connectivity index (χ4v) is 2.33. The Bertz CT molecular complexity index is 518. The molecule has 1 aromatic rings. The van der Waals surface area contributed by atoms with Gasteiger partial charge in [0.2, 0.25) is 5.91 Å². The molecule has 0 aliphatic heterocycles. The van der Waals surface area contributed by atoms with Gasteiger partial charge in [0.15, 0.2) is 0 Å². The molecule has 0 aromatic heterocycles. The number of amides is 1. The molecule has 0 atom stereocenters. The maximum atomic E-state index is 12.2. The van der Waals surface area contributed by atoms with Crippen molar-refractivity contribution in [2.45, 2.75) is 26.2 Å². The van der Waals surface area contributed by atoms with Crippen LogP contribution in [-0.4, -0.2) is 17.4 Å². The fraction of sp³-hybridized carbons (Fsp3) is 0.462. The van der Waals surface area contributed by atoms with Gasteiger partial charge in [-0.25, -0.2) is 0 Å². The third kappa shape index (κ3) is 2.44. The van der Waals surface area contributed by atoms with Crippen molar-refractivity contribution >= 4 is 17.3 Å². The van der Waals surface area contributed by atoms with Crippen molar-refractivity contribution in [2.75, 3.05) is 11.9 Å². The van der Waals surface area contributed by atoms with Crippen LogP contribution in [0.4, 0.5) is 11.4 Å². The standard InChI is InChI=1S/C13H17N3O3/c1-9-7-10(3-4-11(9)16(18)19)15-12(17)13(8-14)5-2-6-13/h3-4,7H,2,5-6,8,14H2,1H3,(H,15,17). The molecule has 19 heavy (non-hydrogen) atoms. The second-order valence-electron chi connectivity index (χ2n) is 5.05. The fourth-order valence-electron chi connectivity index (χ4n) is 2.33. The van der Waals surface area contributed by atoms with Crippen LogP contribution in [0.25, 0.3) is 0 Å². The first-order valence-corrected chi connectivity index (χ1v) is 6.25. The van der Waals surface area contributed by atoms with E-state index >= 15 is 0 Å². The zero-order chi connectivity index (χ0) is 14.0. The third-order valence-corrected chi connectivity index (χ3v) is 3.83.